The molecular weight excluding hydrogens is 422 g/mol. The third-order valence-electron chi connectivity index (χ3n) is 5.65. The van der Waals surface area contributed by atoms with Crippen molar-refractivity contribution in [3.8, 4) is 0 Å². The summed E-state index contributed by atoms with van der Waals surface area (Å²) in [5.74, 6) is 1.45. The molecule has 1 aromatic carbocycles. The predicted octanol–water partition coefficient (Wildman–Crippen LogP) is 2.18. The lowest BCUT2D eigenvalue weighted by Crippen LogP contribution is -2.50. The molecule has 0 bridgehead atoms. The number of carbonyl (C=O) groups excluding carboxylic acids is 1. The molecule has 33 heavy (non-hydrogen) atoms. The Morgan fingerprint density at radius 1 is 1.03 bits per heavy atom. The average molecular weight is 445 g/mol. The van der Waals surface area contributed by atoms with Crippen LogP contribution in [0, 0.1) is 6.92 Å². The molecule has 10 nitrogen and oxygen atoms in total. The van der Waals surface area contributed by atoms with E-state index in [-0.39, 0.29) is 12.5 Å². The molecule has 5 rings (SSSR count). The van der Waals surface area contributed by atoms with E-state index in [2.05, 4.69) is 25.4 Å². The van der Waals surface area contributed by atoms with E-state index in [0.717, 1.165) is 11.4 Å². The fourth-order valence-electron chi connectivity index (χ4n) is 3.88. The van der Waals surface area contributed by atoms with Gasteiger partial charge >= 0.3 is 5.76 Å². The van der Waals surface area contributed by atoms with Crippen molar-refractivity contribution in [2.45, 2.75) is 13.5 Å². The molecule has 3 aromatic heterocycles. The number of carbonyl (C=O) groups is 1. The van der Waals surface area contributed by atoms with Gasteiger partial charge in [-0.05, 0) is 48.9 Å². The maximum atomic E-state index is 12.8. The van der Waals surface area contributed by atoms with Gasteiger partial charge in [-0.3, -0.25) is 9.36 Å². The number of aryl methyl sites for hydroxylation is 1. The fourth-order valence-corrected chi connectivity index (χ4v) is 3.88. The molecule has 168 valence electrons. The molecule has 1 aliphatic heterocycles. The van der Waals surface area contributed by atoms with Crippen molar-refractivity contribution < 1.29 is 9.21 Å². The Bertz CT molecular complexity index is 1340. The van der Waals surface area contributed by atoms with Gasteiger partial charge in [-0.15, -0.1) is 10.2 Å². The summed E-state index contributed by atoms with van der Waals surface area (Å²) in [5.41, 5.74) is 2.21. The summed E-state index contributed by atoms with van der Waals surface area (Å²) in [6.07, 6.45) is 1.74. The molecule has 1 aliphatic rings. The van der Waals surface area contributed by atoms with Crippen molar-refractivity contribution in [1.82, 2.24) is 24.6 Å². The summed E-state index contributed by atoms with van der Waals surface area (Å²) in [6, 6.07) is 14.7. The molecule has 1 fully saturated rings. The second-order valence-corrected chi connectivity index (χ2v) is 7.91. The predicted molar refractivity (Wildman–Crippen MR) is 124 cm³/mol. The molecule has 0 unspecified atom stereocenters. The average Bonchev–Trinajstić information content (AvgIpc) is 3.14. The highest BCUT2D eigenvalue weighted by Crippen LogP contribution is 2.18. The van der Waals surface area contributed by atoms with Crippen LogP contribution in [-0.2, 0) is 11.3 Å². The topological polar surface area (TPSA) is 109 Å². The lowest BCUT2D eigenvalue weighted by Gasteiger charge is -2.35. The minimum absolute atomic E-state index is 0.0387. The second kappa shape index (κ2) is 8.73. The van der Waals surface area contributed by atoms with Gasteiger partial charge in [0.25, 0.3) is 0 Å². The van der Waals surface area contributed by atoms with E-state index in [0.29, 0.717) is 48.9 Å². The Labute approximate surface area is 189 Å². The maximum absolute atomic E-state index is 12.8. The smallest absolute Gasteiger partial charge is 0.408 e. The zero-order valence-electron chi connectivity index (χ0n) is 18.1. The quantitative estimate of drug-likeness (QED) is 0.498. The molecule has 0 spiro atoms. The lowest BCUT2D eigenvalue weighted by atomic mass is 10.3. The summed E-state index contributed by atoms with van der Waals surface area (Å²) in [7, 11) is 0. The van der Waals surface area contributed by atoms with Crippen LogP contribution >= 0.6 is 0 Å². The Morgan fingerprint density at radius 3 is 2.61 bits per heavy atom. The van der Waals surface area contributed by atoms with Crippen LogP contribution in [-0.4, -0.2) is 56.7 Å². The van der Waals surface area contributed by atoms with E-state index in [9.17, 15) is 9.59 Å². The SMILES string of the molecule is Cc1ccnc(Nc2ccc(N3CCN(C(=O)Cn4c(=O)oc5ccccc54)CC3)nn2)c1. The Morgan fingerprint density at radius 2 is 1.85 bits per heavy atom. The van der Waals surface area contributed by atoms with E-state index in [1.165, 1.54) is 4.57 Å². The van der Waals surface area contributed by atoms with Gasteiger partial charge in [-0.1, -0.05) is 12.1 Å². The van der Waals surface area contributed by atoms with Crippen LogP contribution in [0.4, 0.5) is 17.5 Å². The molecular formula is C23H23N7O3. The number of hydrogen-bond acceptors (Lipinski definition) is 8. The zero-order chi connectivity index (χ0) is 22.8. The van der Waals surface area contributed by atoms with Gasteiger partial charge in [0.2, 0.25) is 5.91 Å². The van der Waals surface area contributed by atoms with Crippen LogP contribution in [0.3, 0.4) is 0 Å². The normalized spacial score (nSPS) is 14.0. The number of pyridine rings is 1. The van der Waals surface area contributed by atoms with Crippen molar-refractivity contribution in [1.29, 1.82) is 0 Å². The third-order valence-corrected chi connectivity index (χ3v) is 5.65. The Kier molecular flexibility index (Phi) is 5.47. The first-order valence-corrected chi connectivity index (χ1v) is 10.7. The highest BCUT2D eigenvalue weighted by atomic mass is 16.4. The molecule has 10 heteroatoms. The van der Waals surface area contributed by atoms with Crippen LogP contribution in [0.2, 0.25) is 0 Å². The lowest BCUT2D eigenvalue weighted by molar-refractivity contribution is -0.132. The van der Waals surface area contributed by atoms with Crippen molar-refractivity contribution in [3.05, 3.63) is 70.8 Å². The van der Waals surface area contributed by atoms with Crippen molar-refractivity contribution >= 4 is 34.5 Å². The number of amides is 1. The number of nitrogens with one attached hydrogen (secondary N) is 1. The van der Waals surface area contributed by atoms with Gasteiger partial charge in [-0.2, -0.15) is 0 Å². The van der Waals surface area contributed by atoms with E-state index < -0.39 is 5.76 Å². The Hall–Kier alpha value is -4.21. The van der Waals surface area contributed by atoms with Gasteiger partial charge in [0, 0.05) is 32.4 Å². The van der Waals surface area contributed by atoms with Crippen LogP contribution in [0.5, 0.6) is 0 Å². The van der Waals surface area contributed by atoms with E-state index in [1.54, 1.807) is 29.3 Å². The first-order chi connectivity index (χ1) is 16.1. The van der Waals surface area contributed by atoms with Crippen LogP contribution in [0.1, 0.15) is 5.56 Å². The minimum Gasteiger partial charge on any atom is -0.408 e. The summed E-state index contributed by atoms with van der Waals surface area (Å²) in [6.45, 7) is 4.31. The summed E-state index contributed by atoms with van der Waals surface area (Å²) >= 11 is 0. The van der Waals surface area contributed by atoms with Gasteiger partial charge in [0.1, 0.15) is 12.4 Å². The van der Waals surface area contributed by atoms with Crippen LogP contribution in [0.25, 0.3) is 11.1 Å². The molecule has 0 saturated carbocycles. The number of hydrogen-bond donors (Lipinski definition) is 1. The summed E-state index contributed by atoms with van der Waals surface area (Å²) < 4.78 is 6.60. The molecule has 0 atom stereocenters. The number of oxazole rings is 1. The van der Waals surface area contributed by atoms with Crippen molar-refractivity contribution in [2.24, 2.45) is 0 Å². The summed E-state index contributed by atoms with van der Waals surface area (Å²) in [4.78, 5) is 33.1. The van der Waals surface area contributed by atoms with Crippen molar-refractivity contribution in [3.63, 3.8) is 0 Å². The molecule has 0 radical (unpaired) electrons. The molecule has 4 heterocycles. The highest BCUT2D eigenvalue weighted by molar-refractivity contribution is 5.79. The van der Waals surface area contributed by atoms with Gasteiger partial charge in [0.15, 0.2) is 17.2 Å². The standard InChI is InChI=1S/C23H23N7O3/c1-16-8-9-24-20(14-16)25-19-6-7-21(27-26-19)28-10-12-29(13-11-28)22(31)15-30-17-4-2-3-5-18(17)33-23(30)32/h2-9,14H,10-13,15H2,1H3,(H,24,25,26). The monoisotopic (exact) mass is 445 g/mol. The Balaban J connectivity index is 1.19. The fraction of sp³-hybridized carbons (Fsp3) is 0.261. The number of anilines is 3. The maximum Gasteiger partial charge on any atom is 0.420 e. The van der Waals surface area contributed by atoms with Crippen LogP contribution < -0.4 is 16.0 Å². The van der Waals surface area contributed by atoms with Crippen molar-refractivity contribution in [2.75, 3.05) is 36.4 Å². The van der Waals surface area contributed by atoms with E-state index >= 15 is 0 Å². The van der Waals surface area contributed by atoms with E-state index in [1.807, 2.05) is 37.3 Å². The summed E-state index contributed by atoms with van der Waals surface area (Å²) in [5, 5.41) is 11.7. The third kappa shape index (κ3) is 4.40. The zero-order valence-corrected chi connectivity index (χ0v) is 18.1. The van der Waals surface area contributed by atoms with E-state index in [4.69, 9.17) is 4.42 Å². The van der Waals surface area contributed by atoms with Crippen LogP contribution in [0.15, 0.2) is 63.9 Å². The number of fused-ring (bicyclic) bond motifs is 1. The number of piperazine rings is 1. The largest absolute Gasteiger partial charge is 0.420 e. The number of para-hydroxylation sites is 2. The number of nitrogens with zero attached hydrogens (tertiary/aromatic N) is 6. The molecule has 1 N–H and O–H groups in total. The second-order valence-electron chi connectivity index (χ2n) is 7.91. The number of rotatable bonds is 5. The first kappa shape index (κ1) is 20.7. The number of benzene rings is 1. The molecule has 4 aromatic rings. The molecule has 0 aliphatic carbocycles. The van der Waals surface area contributed by atoms with Gasteiger partial charge in [-0.25, -0.2) is 9.78 Å². The first-order valence-electron chi connectivity index (χ1n) is 10.7. The van der Waals surface area contributed by atoms with Gasteiger partial charge in [0.05, 0.1) is 5.52 Å². The molecule has 1 saturated heterocycles. The minimum atomic E-state index is -0.520. The molecule has 1 amide bonds. The number of aromatic nitrogens is 4. The van der Waals surface area contributed by atoms with Gasteiger partial charge < -0.3 is 19.5 Å². The highest BCUT2D eigenvalue weighted by Gasteiger charge is 2.23.